The summed E-state index contributed by atoms with van der Waals surface area (Å²) in [5.74, 6) is 0.0237. The van der Waals surface area contributed by atoms with Crippen molar-refractivity contribution in [2.75, 3.05) is 0 Å². The lowest BCUT2D eigenvalue weighted by atomic mass is 10.1. The Morgan fingerprint density at radius 1 is 1.25 bits per heavy atom. The van der Waals surface area contributed by atoms with Gasteiger partial charge in [0.05, 0.1) is 4.88 Å². The molecule has 0 aromatic carbocycles. The van der Waals surface area contributed by atoms with Crippen LogP contribution in [0.2, 0.25) is 0 Å². The molecule has 2 heterocycles. The molecule has 0 saturated heterocycles. The summed E-state index contributed by atoms with van der Waals surface area (Å²) >= 11 is 1.51. The van der Waals surface area contributed by atoms with Crippen LogP contribution < -0.4 is 0 Å². The summed E-state index contributed by atoms with van der Waals surface area (Å²) in [6.07, 6.45) is 1.74. The SMILES string of the molecule is Cc1cnc(C(=O)c2ccc(C)s2)c(C)c1. The van der Waals surface area contributed by atoms with Crippen molar-refractivity contribution in [3.05, 3.63) is 51.0 Å². The average molecular weight is 231 g/mol. The van der Waals surface area contributed by atoms with E-state index in [9.17, 15) is 4.79 Å². The van der Waals surface area contributed by atoms with Crippen molar-refractivity contribution in [1.29, 1.82) is 0 Å². The Hall–Kier alpha value is -1.48. The highest BCUT2D eigenvalue weighted by Gasteiger charge is 2.14. The zero-order valence-corrected chi connectivity index (χ0v) is 10.4. The van der Waals surface area contributed by atoms with E-state index in [4.69, 9.17) is 0 Å². The van der Waals surface area contributed by atoms with Crippen molar-refractivity contribution in [3.63, 3.8) is 0 Å². The van der Waals surface area contributed by atoms with Gasteiger partial charge in [-0.25, -0.2) is 0 Å². The van der Waals surface area contributed by atoms with Gasteiger partial charge >= 0.3 is 0 Å². The van der Waals surface area contributed by atoms with Gasteiger partial charge in [0.15, 0.2) is 0 Å². The van der Waals surface area contributed by atoms with Gasteiger partial charge in [-0.3, -0.25) is 9.78 Å². The van der Waals surface area contributed by atoms with E-state index in [1.54, 1.807) is 6.20 Å². The fourth-order valence-electron chi connectivity index (χ4n) is 1.63. The topological polar surface area (TPSA) is 30.0 Å². The number of nitrogens with zero attached hydrogens (tertiary/aromatic N) is 1. The first-order valence-electron chi connectivity index (χ1n) is 5.12. The molecule has 0 fully saturated rings. The first kappa shape index (κ1) is 11.0. The molecule has 16 heavy (non-hydrogen) atoms. The highest BCUT2D eigenvalue weighted by Crippen LogP contribution is 2.20. The summed E-state index contributed by atoms with van der Waals surface area (Å²) in [5.41, 5.74) is 2.58. The minimum Gasteiger partial charge on any atom is -0.286 e. The Balaban J connectivity index is 2.41. The predicted molar refractivity (Wildman–Crippen MR) is 66.2 cm³/mol. The summed E-state index contributed by atoms with van der Waals surface area (Å²) in [6, 6.07) is 5.81. The minimum atomic E-state index is 0.0237. The number of hydrogen-bond donors (Lipinski definition) is 0. The summed E-state index contributed by atoms with van der Waals surface area (Å²) in [6.45, 7) is 5.90. The van der Waals surface area contributed by atoms with E-state index >= 15 is 0 Å². The highest BCUT2D eigenvalue weighted by atomic mass is 32.1. The Kier molecular flexibility index (Phi) is 2.88. The van der Waals surface area contributed by atoms with Gasteiger partial charge in [0.25, 0.3) is 0 Å². The van der Waals surface area contributed by atoms with E-state index in [2.05, 4.69) is 4.98 Å². The molecule has 82 valence electrons. The van der Waals surface area contributed by atoms with Gasteiger partial charge in [-0.1, -0.05) is 6.07 Å². The molecule has 0 spiro atoms. The van der Waals surface area contributed by atoms with E-state index in [-0.39, 0.29) is 5.78 Å². The number of carbonyl (C=O) groups excluding carboxylic acids is 1. The Bertz CT molecular complexity index is 543. The molecule has 2 aromatic heterocycles. The van der Waals surface area contributed by atoms with Crippen LogP contribution in [0.5, 0.6) is 0 Å². The lowest BCUT2D eigenvalue weighted by Crippen LogP contribution is -2.04. The predicted octanol–water partition coefficient (Wildman–Crippen LogP) is 3.30. The largest absolute Gasteiger partial charge is 0.286 e. The number of hydrogen-bond acceptors (Lipinski definition) is 3. The normalized spacial score (nSPS) is 10.4. The maximum absolute atomic E-state index is 12.1. The quantitative estimate of drug-likeness (QED) is 0.742. The molecule has 2 nitrogen and oxygen atoms in total. The summed E-state index contributed by atoms with van der Waals surface area (Å²) in [5, 5.41) is 0. The van der Waals surface area contributed by atoms with Gasteiger partial charge in [0.1, 0.15) is 5.69 Å². The number of ketones is 1. The van der Waals surface area contributed by atoms with Gasteiger partial charge in [-0.2, -0.15) is 0 Å². The molecule has 0 saturated carbocycles. The number of aryl methyl sites for hydroxylation is 3. The zero-order valence-electron chi connectivity index (χ0n) is 9.57. The molecule has 0 radical (unpaired) electrons. The van der Waals surface area contributed by atoms with Crippen molar-refractivity contribution in [2.24, 2.45) is 0 Å². The Labute approximate surface area is 99.0 Å². The van der Waals surface area contributed by atoms with Gasteiger partial charge in [0, 0.05) is 11.1 Å². The third kappa shape index (κ3) is 2.04. The number of rotatable bonds is 2. The van der Waals surface area contributed by atoms with Crippen LogP contribution in [0.1, 0.15) is 31.4 Å². The average Bonchev–Trinajstić information content (AvgIpc) is 2.64. The maximum atomic E-state index is 12.1. The molecule has 0 aliphatic rings. The van der Waals surface area contributed by atoms with E-state index in [0.717, 1.165) is 20.9 Å². The van der Waals surface area contributed by atoms with E-state index < -0.39 is 0 Å². The standard InChI is InChI=1S/C13H13NOS/c1-8-6-9(2)12(14-7-8)13(15)11-5-4-10(3)16-11/h4-7H,1-3H3. The molecule has 0 atom stereocenters. The summed E-state index contributed by atoms with van der Waals surface area (Å²) < 4.78 is 0. The van der Waals surface area contributed by atoms with Crippen LogP contribution in [0.25, 0.3) is 0 Å². The number of aromatic nitrogens is 1. The molecule has 0 aliphatic carbocycles. The third-order valence-electron chi connectivity index (χ3n) is 2.39. The lowest BCUT2D eigenvalue weighted by Gasteiger charge is -2.02. The highest BCUT2D eigenvalue weighted by molar-refractivity contribution is 7.14. The second-order valence-electron chi connectivity index (χ2n) is 3.92. The van der Waals surface area contributed by atoms with Crippen LogP contribution in [-0.4, -0.2) is 10.8 Å². The third-order valence-corrected chi connectivity index (χ3v) is 3.39. The van der Waals surface area contributed by atoms with Gasteiger partial charge in [-0.15, -0.1) is 11.3 Å². The van der Waals surface area contributed by atoms with Crippen LogP contribution in [0, 0.1) is 20.8 Å². The first-order chi connectivity index (χ1) is 7.58. The fraction of sp³-hybridized carbons (Fsp3) is 0.231. The molecule has 3 heteroatoms. The second kappa shape index (κ2) is 4.18. The molecular formula is C13H13NOS. The fourth-order valence-corrected chi connectivity index (χ4v) is 2.43. The Morgan fingerprint density at radius 3 is 2.56 bits per heavy atom. The molecule has 0 unspecified atom stereocenters. The van der Waals surface area contributed by atoms with Crippen LogP contribution in [-0.2, 0) is 0 Å². The van der Waals surface area contributed by atoms with Crippen LogP contribution in [0.4, 0.5) is 0 Å². The first-order valence-corrected chi connectivity index (χ1v) is 5.94. The van der Waals surface area contributed by atoms with Gasteiger partial charge < -0.3 is 0 Å². The number of pyridine rings is 1. The minimum absolute atomic E-state index is 0.0237. The number of thiophene rings is 1. The van der Waals surface area contributed by atoms with Crippen LogP contribution >= 0.6 is 11.3 Å². The molecule has 2 rings (SSSR count). The monoisotopic (exact) mass is 231 g/mol. The van der Waals surface area contributed by atoms with E-state index in [1.165, 1.54) is 11.3 Å². The van der Waals surface area contributed by atoms with Crippen LogP contribution in [0.15, 0.2) is 24.4 Å². The van der Waals surface area contributed by atoms with Crippen molar-refractivity contribution in [2.45, 2.75) is 20.8 Å². The van der Waals surface area contributed by atoms with Crippen molar-refractivity contribution in [3.8, 4) is 0 Å². The second-order valence-corrected chi connectivity index (χ2v) is 5.21. The smallest absolute Gasteiger partial charge is 0.221 e. The molecule has 0 bridgehead atoms. The summed E-state index contributed by atoms with van der Waals surface area (Å²) in [4.78, 5) is 18.3. The molecule has 0 amide bonds. The van der Waals surface area contributed by atoms with Crippen molar-refractivity contribution in [1.82, 2.24) is 4.98 Å². The lowest BCUT2D eigenvalue weighted by molar-refractivity contribution is 0.103. The maximum Gasteiger partial charge on any atom is 0.221 e. The van der Waals surface area contributed by atoms with Gasteiger partial charge in [-0.05, 0) is 44.0 Å². The zero-order chi connectivity index (χ0) is 11.7. The van der Waals surface area contributed by atoms with Crippen molar-refractivity contribution < 1.29 is 4.79 Å². The van der Waals surface area contributed by atoms with E-state index in [1.807, 2.05) is 39.0 Å². The van der Waals surface area contributed by atoms with Crippen LogP contribution in [0.3, 0.4) is 0 Å². The molecular weight excluding hydrogens is 218 g/mol. The summed E-state index contributed by atoms with van der Waals surface area (Å²) in [7, 11) is 0. The van der Waals surface area contributed by atoms with Gasteiger partial charge in [0.2, 0.25) is 5.78 Å². The molecule has 0 N–H and O–H groups in total. The molecule has 2 aromatic rings. The Morgan fingerprint density at radius 2 is 2.00 bits per heavy atom. The van der Waals surface area contributed by atoms with E-state index in [0.29, 0.717) is 5.69 Å². The number of carbonyl (C=O) groups is 1. The van der Waals surface area contributed by atoms with Crippen molar-refractivity contribution >= 4 is 17.1 Å². The molecule has 0 aliphatic heterocycles.